The molecule has 0 spiro atoms. The van der Waals surface area contributed by atoms with Crippen LogP contribution in [0.25, 0.3) is 0 Å². The van der Waals surface area contributed by atoms with Crippen molar-refractivity contribution in [2.45, 2.75) is 264 Å². The van der Waals surface area contributed by atoms with E-state index in [1.54, 1.807) is 0 Å². The highest BCUT2D eigenvalue weighted by Gasteiger charge is 2.19. The Morgan fingerprint density at radius 1 is 0.324 bits per heavy atom. The van der Waals surface area contributed by atoms with Crippen molar-refractivity contribution in [2.75, 3.05) is 13.2 Å². The summed E-state index contributed by atoms with van der Waals surface area (Å²) in [5.41, 5.74) is 0. The second kappa shape index (κ2) is 55.9. The molecule has 388 valence electrons. The fraction of sp³-hybridized carbons (Fsp3) is 0.694. The first-order valence-electron chi connectivity index (χ1n) is 28.3. The fourth-order valence-electron chi connectivity index (χ4n) is 7.62. The third-order valence-electron chi connectivity index (χ3n) is 11.9. The van der Waals surface area contributed by atoms with E-state index in [0.29, 0.717) is 19.3 Å². The number of hydrogen-bond donors (Lipinski definition) is 0. The molecule has 0 radical (unpaired) electrons. The van der Waals surface area contributed by atoms with Crippen LogP contribution < -0.4 is 0 Å². The maximum absolute atomic E-state index is 12.8. The lowest BCUT2D eigenvalue weighted by Crippen LogP contribution is -2.30. The minimum Gasteiger partial charge on any atom is -0.462 e. The van der Waals surface area contributed by atoms with E-state index in [9.17, 15) is 14.4 Å². The third kappa shape index (κ3) is 53.3. The molecule has 0 bridgehead atoms. The number of unbranched alkanes of at least 4 members (excludes halogenated alkanes) is 26. The number of carbonyl (C=O) groups excluding carboxylic acids is 3. The van der Waals surface area contributed by atoms with Gasteiger partial charge in [-0.25, -0.2) is 0 Å². The largest absolute Gasteiger partial charge is 0.462 e. The van der Waals surface area contributed by atoms with Crippen molar-refractivity contribution < 1.29 is 28.6 Å². The minimum atomic E-state index is -0.805. The van der Waals surface area contributed by atoms with Crippen LogP contribution in [0.2, 0.25) is 0 Å². The lowest BCUT2D eigenvalue weighted by atomic mass is 10.1. The van der Waals surface area contributed by atoms with Gasteiger partial charge in [-0.2, -0.15) is 0 Å². The van der Waals surface area contributed by atoms with Crippen LogP contribution in [0.4, 0.5) is 0 Å². The van der Waals surface area contributed by atoms with Gasteiger partial charge in [-0.1, -0.05) is 234 Å². The zero-order chi connectivity index (χ0) is 49.3. The van der Waals surface area contributed by atoms with Gasteiger partial charge in [0.1, 0.15) is 13.2 Å². The molecule has 0 aliphatic heterocycles. The van der Waals surface area contributed by atoms with Crippen LogP contribution in [-0.4, -0.2) is 37.2 Å². The summed E-state index contributed by atoms with van der Waals surface area (Å²) in [5.74, 6) is -0.957. The molecule has 1 unspecified atom stereocenters. The Balaban J connectivity index is 4.49. The molecule has 6 nitrogen and oxygen atoms in total. The quantitative estimate of drug-likeness (QED) is 0.0199. The first kappa shape index (κ1) is 64.3. The molecular formula is C62H104O6. The molecule has 0 saturated carbocycles. The van der Waals surface area contributed by atoms with Gasteiger partial charge in [0.05, 0.1) is 0 Å². The molecule has 0 N–H and O–H groups in total. The van der Waals surface area contributed by atoms with E-state index in [1.165, 1.54) is 83.5 Å². The Kier molecular flexibility index (Phi) is 52.9. The zero-order valence-electron chi connectivity index (χ0n) is 44.3. The first-order chi connectivity index (χ1) is 33.5. The van der Waals surface area contributed by atoms with Crippen molar-refractivity contribution in [3.05, 3.63) is 97.2 Å². The monoisotopic (exact) mass is 945 g/mol. The van der Waals surface area contributed by atoms with Gasteiger partial charge in [0, 0.05) is 19.3 Å². The molecule has 1 atom stereocenters. The topological polar surface area (TPSA) is 78.9 Å². The van der Waals surface area contributed by atoms with Crippen LogP contribution in [0.15, 0.2) is 97.2 Å². The van der Waals surface area contributed by atoms with Crippen molar-refractivity contribution in [3.8, 4) is 0 Å². The van der Waals surface area contributed by atoms with Crippen LogP contribution >= 0.6 is 0 Å². The average molecular weight is 946 g/mol. The van der Waals surface area contributed by atoms with E-state index in [0.717, 1.165) is 135 Å². The number of esters is 3. The Bertz CT molecular complexity index is 1360. The summed E-state index contributed by atoms with van der Waals surface area (Å²) < 4.78 is 16.8. The first-order valence-corrected chi connectivity index (χ1v) is 28.3. The maximum Gasteiger partial charge on any atom is 0.306 e. The summed E-state index contributed by atoms with van der Waals surface area (Å²) in [5, 5.41) is 0. The zero-order valence-corrected chi connectivity index (χ0v) is 44.3. The summed E-state index contributed by atoms with van der Waals surface area (Å²) in [6.45, 7) is 6.46. The van der Waals surface area contributed by atoms with Crippen LogP contribution in [0.5, 0.6) is 0 Å². The molecule has 0 aromatic rings. The summed E-state index contributed by atoms with van der Waals surface area (Å²) in [4.78, 5) is 38.1. The Hall–Kier alpha value is -3.67. The molecule has 0 aliphatic carbocycles. The molecule has 0 fully saturated rings. The molecule has 6 heteroatoms. The van der Waals surface area contributed by atoms with Gasteiger partial charge >= 0.3 is 17.9 Å². The normalized spacial score (nSPS) is 12.8. The highest BCUT2D eigenvalue weighted by molar-refractivity contribution is 5.71. The van der Waals surface area contributed by atoms with E-state index >= 15 is 0 Å². The summed E-state index contributed by atoms with van der Waals surface area (Å²) in [6.07, 6.45) is 73.9. The lowest BCUT2D eigenvalue weighted by Gasteiger charge is -2.18. The van der Waals surface area contributed by atoms with E-state index in [1.807, 2.05) is 0 Å². The molecule has 68 heavy (non-hydrogen) atoms. The number of allylic oxidation sites excluding steroid dienone is 16. The van der Waals surface area contributed by atoms with E-state index in [4.69, 9.17) is 14.2 Å². The standard InChI is InChI=1S/C62H104O6/c1-4-7-10-13-16-19-22-25-28-30-32-34-37-40-43-46-49-52-55-61(64)67-58-59(57-66-60(63)54-51-48-45-42-39-36-27-24-21-18-15-12-9-6-3)68-62(65)56-53-50-47-44-41-38-35-33-31-29-26-23-20-17-14-11-8-5-2/h9,12,18,21-22,25,27-36,59H,4-8,10-11,13-17,19-20,23-24,26,37-58H2,1-3H3/b12-9-,21-18-,25-22-,30-28-,31-29-,34-32-,35-33-,36-27-. The number of carbonyl (C=O) groups is 3. The Labute approximate surface area is 419 Å². The molecule has 0 aliphatic rings. The highest BCUT2D eigenvalue weighted by atomic mass is 16.6. The Morgan fingerprint density at radius 3 is 1.03 bits per heavy atom. The summed E-state index contributed by atoms with van der Waals surface area (Å²) in [6, 6.07) is 0. The summed E-state index contributed by atoms with van der Waals surface area (Å²) in [7, 11) is 0. The number of hydrogen-bond acceptors (Lipinski definition) is 6. The third-order valence-corrected chi connectivity index (χ3v) is 11.9. The number of rotatable bonds is 50. The van der Waals surface area contributed by atoms with Crippen molar-refractivity contribution in [2.24, 2.45) is 0 Å². The average Bonchev–Trinajstić information content (AvgIpc) is 3.34. The molecule has 0 aromatic heterocycles. The van der Waals surface area contributed by atoms with Gasteiger partial charge in [0.2, 0.25) is 0 Å². The van der Waals surface area contributed by atoms with Gasteiger partial charge in [-0.05, 0) is 103 Å². The Morgan fingerprint density at radius 2 is 0.632 bits per heavy atom. The maximum atomic E-state index is 12.8. The molecule has 0 saturated heterocycles. The molecule has 0 rings (SSSR count). The van der Waals surface area contributed by atoms with Gasteiger partial charge in [0.15, 0.2) is 6.10 Å². The van der Waals surface area contributed by atoms with Crippen molar-refractivity contribution in [3.63, 3.8) is 0 Å². The van der Waals surface area contributed by atoms with Gasteiger partial charge in [0.25, 0.3) is 0 Å². The fourth-order valence-corrected chi connectivity index (χ4v) is 7.62. The van der Waals surface area contributed by atoms with Gasteiger partial charge < -0.3 is 14.2 Å². The SMILES string of the molecule is CC/C=C\C/C=C\C/C=C\CCCCCCC(=O)OCC(COC(=O)CCCCCCC\C=C/C=C\C=C/CCCCCCC)OC(=O)CCCCCCC/C=C\C=C/CCCCCCCCC. The number of ether oxygens (including phenoxy) is 3. The molecule has 0 heterocycles. The minimum absolute atomic E-state index is 0.103. The van der Waals surface area contributed by atoms with Crippen LogP contribution in [0.1, 0.15) is 258 Å². The van der Waals surface area contributed by atoms with Crippen LogP contribution in [0.3, 0.4) is 0 Å². The molecule has 0 aromatic carbocycles. The second-order valence-corrected chi connectivity index (χ2v) is 18.5. The second-order valence-electron chi connectivity index (χ2n) is 18.5. The molecular weight excluding hydrogens is 841 g/mol. The van der Waals surface area contributed by atoms with Gasteiger partial charge in [-0.3, -0.25) is 14.4 Å². The predicted molar refractivity (Wildman–Crippen MR) is 293 cm³/mol. The van der Waals surface area contributed by atoms with E-state index in [-0.39, 0.29) is 31.1 Å². The smallest absolute Gasteiger partial charge is 0.306 e. The van der Waals surface area contributed by atoms with Crippen molar-refractivity contribution in [1.82, 2.24) is 0 Å². The lowest BCUT2D eigenvalue weighted by molar-refractivity contribution is -0.167. The van der Waals surface area contributed by atoms with Crippen LogP contribution in [0, 0.1) is 0 Å². The van der Waals surface area contributed by atoms with E-state index < -0.39 is 6.10 Å². The molecule has 0 amide bonds. The van der Waals surface area contributed by atoms with Crippen LogP contribution in [-0.2, 0) is 28.6 Å². The van der Waals surface area contributed by atoms with E-state index in [2.05, 4.69) is 118 Å². The van der Waals surface area contributed by atoms with Crippen molar-refractivity contribution >= 4 is 17.9 Å². The predicted octanol–water partition coefficient (Wildman–Crippen LogP) is 18.9. The highest BCUT2D eigenvalue weighted by Crippen LogP contribution is 2.14. The van der Waals surface area contributed by atoms with Crippen molar-refractivity contribution in [1.29, 1.82) is 0 Å². The van der Waals surface area contributed by atoms with Gasteiger partial charge in [-0.15, -0.1) is 0 Å². The summed E-state index contributed by atoms with van der Waals surface area (Å²) >= 11 is 0.